The van der Waals surface area contributed by atoms with Crippen LogP contribution in [0.4, 0.5) is 0 Å². The van der Waals surface area contributed by atoms with Crippen molar-refractivity contribution in [3.05, 3.63) is 0 Å². The van der Waals surface area contributed by atoms with E-state index in [1.54, 1.807) is 0 Å². The maximum atomic E-state index is 13.0. The molecular weight excluding hydrogens is 1160 g/mol. The van der Waals surface area contributed by atoms with Crippen molar-refractivity contribution in [2.24, 2.45) is 5.92 Å². The van der Waals surface area contributed by atoms with E-state index in [1.165, 1.54) is 167 Å². The molecule has 0 saturated carbocycles. The highest BCUT2D eigenvalue weighted by molar-refractivity contribution is 7.47. The molecule has 0 aromatic heterocycles. The molecule has 5 atom stereocenters. The zero-order valence-corrected chi connectivity index (χ0v) is 58.6. The Labute approximate surface area is 537 Å². The standard InChI is InChI=1S/C69H134O17P2/c1-6-9-12-15-18-20-22-24-25-26-27-28-29-30-31-33-35-38-44-49-54-68(73)85-64(59-80-67(72)53-48-43-37-34-32-23-21-19-16-13-10-7-2)60-83-87(75,76)81-56-63(70)57-82-88(77,78)84-61-65(58-79-66(71)52-47-42-36-17-14-11-8-3)86-69(74)55-50-45-40-39-41-46-51-62(4)5/h62-65,70H,6-61H2,1-5H3,(H,75,76)(H,77,78)/t63-,64-,65-/m1/s1. The van der Waals surface area contributed by atoms with Crippen molar-refractivity contribution < 1.29 is 80.2 Å². The summed E-state index contributed by atoms with van der Waals surface area (Å²) < 4.78 is 68.1. The topological polar surface area (TPSA) is 237 Å². The zero-order valence-electron chi connectivity index (χ0n) is 56.9. The SMILES string of the molecule is CCCCCCCCCCCCCCCCCCCCCCC(=O)O[C@H](COC(=O)CCCCCCCCCCCCCC)COP(=O)(O)OC[C@@H](O)COP(=O)(O)OC[C@@H](COC(=O)CCCCCCCCC)OC(=O)CCCCCCCCC(C)C. The van der Waals surface area contributed by atoms with Crippen molar-refractivity contribution in [3.8, 4) is 0 Å². The van der Waals surface area contributed by atoms with Gasteiger partial charge < -0.3 is 33.8 Å². The molecule has 0 bridgehead atoms. The van der Waals surface area contributed by atoms with Crippen LogP contribution in [-0.4, -0.2) is 96.7 Å². The summed E-state index contributed by atoms with van der Waals surface area (Å²) in [5, 5.41) is 10.5. The monoisotopic (exact) mass is 1300 g/mol. The average Bonchev–Trinajstić information content (AvgIpc) is 3.69. The first-order valence-electron chi connectivity index (χ1n) is 36.1. The van der Waals surface area contributed by atoms with Crippen molar-refractivity contribution >= 4 is 39.5 Å². The number of aliphatic hydroxyl groups excluding tert-OH is 1. The van der Waals surface area contributed by atoms with E-state index in [0.717, 1.165) is 103 Å². The highest BCUT2D eigenvalue weighted by atomic mass is 31.2. The quantitative estimate of drug-likeness (QED) is 0.0222. The first-order chi connectivity index (χ1) is 42.5. The van der Waals surface area contributed by atoms with Crippen LogP contribution in [0.2, 0.25) is 0 Å². The number of phosphoric acid groups is 2. The predicted molar refractivity (Wildman–Crippen MR) is 354 cm³/mol. The summed E-state index contributed by atoms with van der Waals surface area (Å²) in [6.45, 7) is 7.10. The van der Waals surface area contributed by atoms with E-state index in [0.29, 0.717) is 31.6 Å². The van der Waals surface area contributed by atoms with Crippen LogP contribution < -0.4 is 0 Å². The van der Waals surface area contributed by atoms with Crippen LogP contribution in [0.15, 0.2) is 0 Å². The van der Waals surface area contributed by atoms with Crippen LogP contribution in [0.3, 0.4) is 0 Å². The molecule has 0 spiro atoms. The van der Waals surface area contributed by atoms with E-state index in [9.17, 15) is 43.2 Å². The van der Waals surface area contributed by atoms with Gasteiger partial charge in [-0.05, 0) is 31.6 Å². The molecule has 0 rings (SSSR count). The third-order valence-corrected chi connectivity index (χ3v) is 17.9. The highest BCUT2D eigenvalue weighted by Gasteiger charge is 2.30. The molecule has 0 heterocycles. The number of carbonyl (C=O) groups excluding carboxylic acids is 4. The van der Waals surface area contributed by atoms with E-state index in [4.69, 9.17) is 37.0 Å². The van der Waals surface area contributed by atoms with Gasteiger partial charge in [-0.1, -0.05) is 304 Å². The zero-order chi connectivity index (χ0) is 64.9. The first kappa shape index (κ1) is 86.1. The number of carbonyl (C=O) groups is 4. The molecular formula is C69H134O17P2. The third-order valence-electron chi connectivity index (χ3n) is 16.0. The molecule has 0 aliphatic heterocycles. The van der Waals surface area contributed by atoms with Gasteiger partial charge in [0.1, 0.15) is 19.3 Å². The Morgan fingerprint density at radius 1 is 0.307 bits per heavy atom. The number of unbranched alkanes of at least 4 members (excludes halogenated alkanes) is 41. The number of esters is 4. The molecule has 17 nitrogen and oxygen atoms in total. The molecule has 0 aromatic rings. The van der Waals surface area contributed by atoms with Gasteiger partial charge in [-0.2, -0.15) is 0 Å². The summed E-state index contributed by atoms with van der Waals surface area (Å²) in [6, 6.07) is 0. The molecule has 19 heteroatoms. The molecule has 0 aliphatic rings. The van der Waals surface area contributed by atoms with Crippen LogP contribution in [0.5, 0.6) is 0 Å². The predicted octanol–water partition coefficient (Wildman–Crippen LogP) is 19.7. The van der Waals surface area contributed by atoms with Crippen molar-refractivity contribution in [2.75, 3.05) is 39.6 Å². The van der Waals surface area contributed by atoms with E-state index in [-0.39, 0.29) is 25.7 Å². The van der Waals surface area contributed by atoms with Crippen LogP contribution in [0, 0.1) is 5.92 Å². The number of rotatable bonds is 69. The number of ether oxygens (including phenoxy) is 4. The van der Waals surface area contributed by atoms with Crippen LogP contribution >= 0.6 is 15.6 Å². The Kier molecular flexibility index (Phi) is 61.1. The summed E-state index contributed by atoms with van der Waals surface area (Å²) in [7, 11) is -9.89. The second-order valence-electron chi connectivity index (χ2n) is 25.4. The van der Waals surface area contributed by atoms with Crippen LogP contribution in [0.1, 0.15) is 356 Å². The summed E-state index contributed by atoms with van der Waals surface area (Å²) in [6.07, 6.45) is 49.0. The largest absolute Gasteiger partial charge is 0.472 e. The molecule has 0 aromatic carbocycles. The minimum atomic E-state index is -4.95. The maximum absolute atomic E-state index is 13.0. The number of hydrogen-bond acceptors (Lipinski definition) is 15. The van der Waals surface area contributed by atoms with Gasteiger partial charge in [0, 0.05) is 25.7 Å². The second kappa shape index (κ2) is 62.5. The lowest BCUT2D eigenvalue weighted by atomic mass is 10.0. The van der Waals surface area contributed by atoms with Gasteiger partial charge in [-0.3, -0.25) is 37.3 Å². The van der Waals surface area contributed by atoms with Gasteiger partial charge in [-0.15, -0.1) is 0 Å². The van der Waals surface area contributed by atoms with Gasteiger partial charge in [0.15, 0.2) is 12.2 Å². The molecule has 0 fully saturated rings. The smallest absolute Gasteiger partial charge is 0.462 e. The Bertz CT molecular complexity index is 1700. The van der Waals surface area contributed by atoms with E-state index < -0.39 is 97.5 Å². The Balaban J connectivity index is 5.14. The van der Waals surface area contributed by atoms with E-state index in [2.05, 4.69) is 34.6 Å². The van der Waals surface area contributed by atoms with Crippen molar-refractivity contribution in [1.82, 2.24) is 0 Å². The molecule has 3 N–H and O–H groups in total. The Hall–Kier alpha value is -1.94. The summed E-state index contributed by atoms with van der Waals surface area (Å²) >= 11 is 0. The van der Waals surface area contributed by atoms with Crippen LogP contribution in [-0.2, 0) is 65.4 Å². The molecule has 0 saturated heterocycles. The second-order valence-corrected chi connectivity index (χ2v) is 28.3. The number of hydrogen-bond donors (Lipinski definition) is 3. The van der Waals surface area contributed by atoms with Crippen molar-refractivity contribution in [1.29, 1.82) is 0 Å². The maximum Gasteiger partial charge on any atom is 0.472 e. The summed E-state index contributed by atoms with van der Waals surface area (Å²) in [5.74, 6) is -1.46. The summed E-state index contributed by atoms with van der Waals surface area (Å²) in [4.78, 5) is 72.3. The van der Waals surface area contributed by atoms with E-state index in [1.807, 2.05) is 0 Å². The number of phosphoric ester groups is 2. The summed E-state index contributed by atoms with van der Waals surface area (Å²) in [5.41, 5.74) is 0. The molecule has 522 valence electrons. The minimum Gasteiger partial charge on any atom is -0.462 e. The minimum absolute atomic E-state index is 0.102. The van der Waals surface area contributed by atoms with Crippen molar-refractivity contribution in [2.45, 2.75) is 374 Å². The number of aliphatic hydroxyl groups is 1. The van der Waals surface area contributed by atoms with Crippen molar-refractivity contribution in [3.63, 3.8) is 0 Å². The average molecular weight is 1300 g/mol. The third kappa shape index (κ3) is 62.8. The molecule has 2 unspecified atom stereocenters. The lowest BCUT2D eigenvalue weighted by molar-refractivity contribution is -0.161. The van der Waals surface area contributed by atoms with Gasteiger partial charge in [-0.25, -0.2) is 9.13 Å². The fourth-order valence-corrected chi connectivity index (χ4v) is 12.0. The lowest BCUT2D eigenvalue weighted by Gasteiger charge is -2.21. The van der Waals surface area contributed by atoms with E-state index >= 15 is 0 Å². The first-order valence-corrected chi connectivity index (χ1v) is 39.1. The fraction of sp³-hybridized carbons (Fsp3) is 0.942. The lowest BCUT2D eigenvalue weighted by Crippen LogP contribution is -2.30. The molecule has 0 amide bonds. The van der Waals surface area contributed by atoms with Gasteiger partial charge in [0.05, 0.1) is 26.4 Å². The van der Waals surface area contributed by atoms with Gasteiger partial charge >= 0.3 is 39.5 Å². The highest BCUT2D eigenvalue weighted by Crippen LogP contribution is 2.45. The fourth-order valence-electron chi connectivity index (χ4n) is 10.5. The molecule has 88 heavy (non-hydrogen) atoms. The Morgan fingerprint density at radius 3 is 0.773 bits per heavy atom. The molecule has 0 radical (unpaired) electrons. The normalized spacial score (nSPS) is 14.1. The molecule has 0 aliphatic carbocycles. The van der Waals surface area contributed by atoms with Crippen LogP contribution in [0.25, 0.3) is 0 Å². The van der Waals surface area contributed by atoms with Gasteiger partial charge in [0.2, 0.25) is 0 Å². The Morgan fingerprint density at radius 2 is 0.523 bits per heavy atom. The van der Waals surface area contributed by atoms with Gasteiger partial charge in [0.25, 0.3) is 0 Å².